The van der Waals surface area contributed by atoms with Crippen molar-refractivity contribution in [1.29, 1.82) is 0 Å². The minimum absolute atomic E-state index is 0.0313. The molecule has 0 aliphatic carbocycles. The van der Waals surface area contributed by atoms with Crippen LogP contribution in [0.1, 0.15) is 5.69 Å². The molecule has 2 aromatic heterocycles. The van der Waals surface area contributed by atoms with Crippen LogP contribution in [-0.2, 0) is 10.0 Å². The third kappa shape index (κ3) is 2.55. The first-order chi connectivity index (χ1) is 10.5. The molecule has 0 aliphatic rings. The molecule has 22 heavy (non-hydrogen) atoms. The highest BCUT2D eigenvalue weighted by Crippen LogP contribution is 2.24. The highest BCUT2D eigenvalue weighted by molar-refractivity contribution is 7.92. The van der Waals surface area contributed by atoms with Crippen molar-refractivity contribution < 1.29 is 8.42 Å². The van der Waals surface area contributed by atoms with Gasteiger partial charge in [-0.25, -0.2) is 22.9 Å². The Labute approximate surface area is 131 Å². The summed E-state index contributed by atoms with van der Waals surface area (Å²) in [7, 11) is -3.82. The first-order valence-corrected chi connectivity index (χ1v) is 8.03. The Kier molecular flexibility index (Phi) is 3.59. The molecule has 114 valence electrons. The molecule has 0 saturated heterocycles. The van der Waals surface area contributed by atoms with E-state index in [0.29, 0.717) is 16.4 Å². The van der Waals surface area contributed by atoms with E-state index in [-0.39, 0.29) is 10.8 Å². The van der Waals surface area contributed by atoms with E-state index in [1.165, 1.54) is 17.2 Å². The number of anilines is 1. The highest BCUT2D eigenvalue weighted by Gasteiger charge is 2.23. The van der Waals surface area contributed by atoms with E-state index in [4.69, 9.17) is 11.6 Å². The average molecular weight is 339 g/mol. The van der Waals surface area contributed by atoms with Crippen LogP contribution in [0.5, 0.6) is 0 Å². The maximum atomic E-state index is 12.4. The zero-order valence-electron chi connectivity index (χ0n) is 11.4. The number of nitrogens with zero attached hydrogens (tertiary/aromatic N) is 4. The summed E-state index contributed by atoms with van der Waals surface area (Å²) in [6.45, 7) is 1.64. The summed E-state index contributed by atoms with van der Waals surface area (Å²) < 4.78 is 28.5. The van der Waals surface area contributed by atoms with Gasteiger partial charge in [-0.05, 0) is 19.1 Å². The van der Waals surface area contributed by atoms with E-state index in [1.807, 2.05) is 0 Å². The Morgan fingerprint density at radius 3 is 2.77 bits per heavy atom. The minimum atomic E-state index is -3.82. The van der Waals surface area contributed by atoms with Gasteiger partial charge in [0.2, 0.25) is 5.95 Å². The largest absolute Gasteiger partial charge is 0.267 e. The lowest BCUT2D eigenvalue weighted by Crippen LogP contribution is -2.15. The van der Waals surface area contributed by atoms with Crippen LogP contribution in [0.2, 0.25) is 5.02 Å². The van der Waals surface area contributed by atoms with Crippen LogP contribution in [0, 0.1) is 6.92 Å². The summed E-state index contributed by atoms with van der Waals surface area (Å²) in [6, 6.07) is 7.04. The lowest BCUT2D eigenvalue weighted by atomic mass is 10.3. The Morgan fingerprint density at radius 1 is 1.32 bits per heavy atom. The van der Waals surface area contributed by atoms with Gasteiger partial charge in [-0.3, -0.25) is 0 Å². The second-order valence-electron chi connectivity index (χ2n) is 4.40. The maximum absolute atomic E-state index is 12.4. The number of nitrogens with one attached hydrogen (secondary N) is 2. The first-order valence-electron chi connectivity index (χ1n) is 6.17. The molecule has 0 amide bonds. The van der Waals surface area contributed by atoms with Gasteiger partial charge >= 0.3 is 0 Å². The highest BCUT2D eigenvalue weighted by atomic mass is 35.5. The molecule has 0 aliphatic heterocycles. The van der Waals surface area contributed by atoms with E-state index < -0.39 is 10.0 Å². The number of hydrogen-bond acceptors (Lipinski definition) is 5. The number of benzene rings is 1. The maximum Gasteiger partial charge on any atom is 0.267 e. The fraction of sp³-hybridized carbons (Fsp3) is 0.0833. The number of halogens is 1. The molecule has 3 aromatic rings. The number of rotatable bonds is 4. The number of aromatic nitrogens is 5. The topological polar surface area (TPSA) is 106 Å². The predicted octanol–water partition coefficient (Wildman–Crippen LogP) is 1.75. The quantitative estimate of drug-likeness (QED) is 0.754. The molecular weight excluding hydrogens is 328 g/mol. The van der Waals surface area contributed by atoms with Crippen LogP contribution >= 0.6 is 11.6 Å². The zero-order valence-corrected chi connectivity index (χ0v) is 12.9. The molecule has 0 fully saturated rings. The molecule has 10 heteroatoms. The monoisotopic (exact) mass is 338 g/mol. The van der Waals surface area contributed by atoms with Crippen molar-refractivity contribution in [2.75, 3.05) is 4.72 Å². The van der Waals surface area contributed by atoms with Gasteiger partial charge in [0.25, 0.3) is 10.0 Å². The predicted molar refractivity (Wildman–Crippen MR) is 80.5 cm³/mol. The van der Waals surface area contributed by atoms with Crippen molar-refractivity contribution >= 4 is 27.6 Å². The first kappa shape index (κ1) is 14.5. The van der Waals surface area contributed by atoms with E-state index >= 15 is 0 Å². The van der Waals surface area contributed by atoms with Crippen molar-refractivity contribution in [2.24, 2.45) is 0 Å². The second kappa shape index (κ2) is 5.43. The summed E-state index contributed by atoms with van der Waals surface area (Å²) in [5, 5.41) is 10.6. The number of H-pyrrole nitrogens is 1. The molecule has 0 bridgehead atoms. The summed E-state index contributed by atoms with van der Waals surface area (Å²) >= 11 is 6.12. The second-order valence-corrected chi connectivity index (χ2v) is 6.46. The molecule has 3 rings (SSSR count). The Hall–Kier alpha value is -2.39. The fourth-order valence-corrected chi connectivity index (χ4v) is 3.30. The molecule has 0 saturated carbocycles. The lowest BCUT2D eigenvalue weighted by molar-refractivity contribution is 0.600. The van der Waals surface area contributed by atoms with E-state index in [2.05, 4.69) is 25.0 Å². The minimum Gasteiger partial charge on any atom is -0.247 e. The number of aromatic amines is 1. The molecule has 2 heterocycles. The molecule has 0 unspecified atom stereocenters. The SMILES string of the molecule is Cc1c(S(=O)(=O)Nc2ncn[nH]2)cnn1-c1ccccc1Cl. The smallest absolute Gasteiger partial charge is 0.247 e. The van der Waals surface area contributed by atoms with Crippen molar-refractivity contribution in [3.63, 3.8) is 0 Å². The third-order valence-corrected chi connectivity index (χ3v) is 4.74. The molecule has 1 aromatic carbocycles. The van der Waals surface area contributed by atoms with Crippen LogP contribution in [-0.4, -0.2) is 33.4 Å². The molecule has 0 atom stereocenters. The average Bonchev–Trinajstić information content (AvgIpc) is 3.09. The normalized spacial score (nSPS) is 11.5. The van der Waals surface area contributed by atoms with Crippen LogP contribution in [0.25, 0.3) is 5.69 Å². The summed E-state index contributed by atoms with van der Waals surface area (Å²) in [4.78, 5) is 3.76. The van der Waals surface area contributed by atoms with Gasteiger partial charge in [-0.1, -0.05) is 23.7 Å². The number of hydrogen-bond donors (Lipinski definition) is 2. The Balaban J connectivity index is 2.02. The van der Waals surface area contributed by atoms with Gasteiger partial charge in [0, 0.05) is 0 Å². The molecule has 0 spiro atoms. The Bertz CT molecular complexity index is 904. The fourth-order valence-electron chi connectivity index (χ4n) is 1.96. The lowest BCUT2D eigenvalue weighted by Gasteiger charge is -2.08. The van der Waals surface area contributed by atoms with E-state index in [0.717, 1.165) is 0 Å². The number of sulfonamides is 1. The molecule has 0 radical (unpaired) electrons. The van der Waals surface area contributed by atoms with Crippen molar-refractivity contribution in [3.05, 3.63) is 47.5 Å². The van der Waals surface area contributed by atoms with Crippen molar-refractivity contribution in [2.45, 2.75) is 11.8 Å². The van der Waals surface area contributed by atoms with E-state index in [9.17, 15) is 8.42 Å². The van der Waals surface area contributed by atoms with Gasteiger partial charge in [-0.15, -0.1) is 0 Å². The molecular formula is C12H11ClN6O2S. The van der Waals surface area contributed by atoms with Gasteiger partial charge in [0.1, 0.15) is 11.2 Å². The van der Waals surface area contributed by atoms with Gasteiger partial charge in [0.05, 0.1) is 22.6 Å². The van der Waals surface area contributed by atoms with Gasteiger partial charge < -0.3 is 0 Å². The summed E-state index contributed by atoms with van der Waals surface area (Å²) in [5.74, 6) is 0.0323. The molecule has 8 nitrogen and oxygen atoms in total. The van der Waals surface area contributed by atoms with Gasteiger partial charge in [-0.2, -0.15) is 15.2 Å². The van der Waals surface area contributed by atoms with Crippen molar-refractivity contribution in [3.8, 4) is 5.69 Å². The third-order valence-electron chi connectivity index (χ3n) is 2.98. The van der Waals surface area contributed by atoms with Crippen molar-refractivity contribution in [1.82, 2.24) is 25.0 Å². The zero-order chi connectivity index (χ0) is 15.7. The Morgan fingerprint density at radius 2 is 2.09 bits per heavy atom. The summed E-state index contributed by atoms with van der Waals surface area (Å²) in [6.07, 6.45) is 2.47. The standard InChI is InChI=1S/C12H11ClN6O2S/c1-8-11(22(20,21)18-12-14-7-15-17-12)6-16-19(8)10-5-3-2-4-9(10)13/h2-7H,1H3,(H2,14,15,17,18). The van der Waals surface area contributed by atoms with Gasteiger partial charge in [0.15, 0.2) is 0 Å². The van der Waals surface area contributed by atoms with E-state index in [1.54, 1.807) is 31.2 Å². The summed E-state index contributed by atoms with van der Waals surface area (Å²) in [5.41, 5.74) is 1.03. The molecule has 2 N–H and O–H groups in total. The van der Waals surface area contributed by atoms with Crippen LogP contribution in [0.4, 0.5) is 5.95 Å². The van der Waals surface area contributed by atoms with Crippen LogP contribution < -0.4 is 4.72 Å². The van der Waals surface area contributed by atoms with Crippen LogP contribution in [0.15, 0.2) is 41.7 Å². The number of para-hydroxylation sites is 1. The van der Waals surface area contributed by atoms with Crippen LogP contribution in [0.3, 0.4) is 0 Å².